The third-order valence-electron chi connectivity index (χ3n) is 1.01. The van der Waals surface area contributed by atoms with E-state index in [0.29, 0.717) is 0 Å². The summed E-state index contributed by atoms with van der Waals surface area (Å²) in [4.78, 5) is 0. The Hall–Kier alpha value is -0.920. The summed E-state index contributed by atoms with van der Waals surface area (Å²) in [7, 11) is 1.97. The summed E-state index contributed by atoms with van der Waals surface area (Å²) in [5.74, 6) is 0. The molecule has 44 valence electrons. The summed E-state index contributed by atoms with van der Waals surface area (Å²) < 4.78 is 0. The van der Waals surface area contributed by atoms with Crippen molar-refractivity contribution in [2.45, 2.75) is 6.92 Å². The van der Waals surface area contributed by atoms with Gasteiger partial charge >= 0.3 is 0 Å². The molecule has 0 spiro atoms. The molecule has 0 aromatic heterocycles. The first-order valence-electron chi connectivity index (χ1n) is 2.63. The van der Waals surface area contributed by atoms with Crippen LogP contribution in [0.4, 0.5) is 0 Å². The second-order valence-electron chi connectivity index (χ2n) is 1.91. The topological polar surface area (TPSA) is 15.3 Å². The molecule has 0 atom stereocenters. The first-order valence-corrected chi connectivity index (χ1v) is 2.63. The molecule has 0 bridgehead atoms. The maximum absolute atomic E-state index is 3.09. The highest BCUT2D eigenvalue weighted by Gasteiger charge is 1.92. The molecule has 0 unspecified atom stereocenters. The molecule has 1 rings (SSSR count). The minimum Gasteiger partial charge on any atom is -0.304 e. The fraction of sp³-hybridized carbons (Fsp3) is 0.333. The maximum Gasteiger partial charge on any atom is 0.0285 e. The van der Waals surface area contributed by atoms with Gasteiger partial charge < -0.3 is 5.43 Å². The van der Waals surface area contributed by atoms with Crippen LogP contribution in [0.15, 0.2) is 24.0 Å². The molecule has 0 saturated heterocycles. The van der Waals surface area contributed by atoms with E-state index < -0.39 is 0 Å². The van der Waals surface area contributed by atoms with Gasteiger partial charge in [-0.2, -0.15) is 0 Å². The van der Waals surface area contributed by atoms with E-state index >= 15 is 0 Å². The van der Waals surface area contributed by atoms with Crippen LogP contribution in [0, 0.1) is 0 Å². The van der Waals surface area contributed by atoms with Crippen LogP contribution < -0.4 is 5.43 Å². The largest absolute Gasteiger partial charge is 0.304 e. The van der Waals surface area contributed by atoms with E-state index in [9.17, 15) is 0 Å². The van der Waals surface area contributed by atoms with Crippen molar-refractivity contribution >= 4 is 0 Å². The predicted molar refractivity (Wildman–Crippen MR) is 33.8 cm³/mol. The van der Waals surface area contributed by atoms with Crippen molar-refractivity contribution in [3.8, 4) is 0 Å². The molecule has 0 radical (unpaired) electrons. The number of nitrogens with one attached hydrogen (secondary N) is 1. The van der Waals surface area contributed by atoms with Crippen molar-refractivity contribution in [1.29, 1.82) is 0 Å². The predicted octanol–water partition coefficient (Wildman–Crippen LogP) is 0.854. The number of hydrogen-bond donors (Lipinski definition) is 1. The Morgan fingerprint density at radius 2 is 2.38 bits per heavy atom. The number of nitrogens with zero attached hydrogens (tertiary/aromatic N) is 1. The van der Waals surface area contributed by atoms with Crippen molar-refractivity contribution in [2.75, 3.05) is 7.05 Å². The van der Waals surface area contributed by atoms with Gasteiger partial charge in [0.2, 0.25) is 0 Å². The SMILES string of the molecule is CC1=CC=CN(C)N1. The zero-order valence-corrected chi connectivity index (χ0v) is 5.18. The molecular weight excluding hydrogens is 100 g/mol. The highest BCUT2D eigenvalue weighted by molar-refractivity contribution is 5.11. The van der Waals surface area contributed by atoms with Gasteiger partial charge in [-0.05, 0) is 19.1 Å². The fourth-order valence-corrected chi connectivity index (χ4v) is 0.669. The molecule has 2 heteroatoms. The van der Waals surface area contributed by atoms with Crippen molar-refractivity contribution in [2.24, 2.45) is 0 Å². The first-order chi connectivity index (χ1) is 3.79. The summed E-state index contributed by atoms with van der Waals surface area (Å²) in [6.07, 6.45) is 6.00. The quantitative estimate of drug-likeness (QED) is 0.497. The van der Waals surface area contributed by atoms with E-state index in [0.717, 1.165) is 0 Å². The Bertz CT molecular complexity index is 135. The molecule has 2 nitrogen and oxygen atoms in total. The van der Waals surface area contributed by atoms with Gasteiger partial charge in [-0.1, -0.05) is 0 Å². The average Bonchev–Trinajstić information content (AvgIpc) is 1.64. The normalized spacial score (nSPS) is 17.8. The van der Waals surface area contributed by atoms with Gasteiger partial charge in [0, 0.05) is 18.9 Å². The number of rotatable bonds is 0. The van der Waals surface area contributed by atoms with Gasteiger partial charge in [-0.25, -0.2) is 0 Å². The summed E-state index contributed by atoms with van der Waals surface area (Å²) >= 11 is 0. The second kappa shape index (κ2) is 1.90. The van der Waals surface area contributed by atoms with Gasteiger partial charge in [0.1, 0.15) is 0 Å². The Morgan fingerprint density at radius 1 is 1.62 bits per heavy atom. The van der Waals surface area contributed by atoms with Gasteiger partial charge in [0.25, 0.3) is 0 Å². The van der Waals surface area contributed by atoms with Crippen LogP contribution in [-0.2, 0) is 0 Å². The Labute approximate surface area is 49.5 Å². The minimum atomic E-state index is 1.18. The molecule has 1 aliphatic rings. The van der Waals surface area contributed by atoms with E-state index in [2.05, 4.69) is 5.43 Å². The molecule has 8 heavy (non-hydrogen) atoms. The molecular formula is C6H10N2. The number of hydrogen-bond acceptors (Lipinski definition) is 2. The number of hydrazine groups is 1. The monoisotopic (exact) mass is 110 g/mol. The molecule has 0 aromatic rings. The lowest BCUT2D eigenvalue weighted by Gasteiger charge is -2.19. The highest BCUT2D eigenvalue weighted by atomic mass is 15.5. The first kappa shape index (κ1) is 5.22. The van der Waals surface area contributed by atoms with Crippen LogP contribution >= 0.6 is 0 Å². The zero-order chi connectivity index (χ0) is 5.98. The van der Waals surface area contributed by atoms with Crippen molar-refractivity contribution in [3.05, 3.63) is 24.0 Å². The molecule has 0 saturated carbocycles. The summed E-state index contributed by atoms with van der Waals surface area (Å²) in [6, 6.07) is 0. The fourth-order valence-electron chi connectivity index (χ4n) is 0.669. The molecule has 0 aromatic carbocycles. The van der Waals surface area contributed by atoms with Gasteiger partial charge in [-0.15, -0.1) is 0 Å². The lowest BCUT2D eigenvalue weighted by molar-refractivity contribution is 0.365. The van der Waals surface area contributed by atoms with Crippen molar-refractivity contribution in [1.82, 2.24) is 10.4 Å². The van der Waals surface area contributed by atoms with Crippen LogP contribution in [0.25, 0.3) is 0 Å². The molecule has 0 fully saturated rings. The molecule has 1 aliphatic heterocycles. The van der Waals surface area contributed by atoms with E-state index in [4.69, 9.17) is 0 Å². The van der Waals surface area contributed by atoms with Crippen LogP contribution in [0.3, 0.4) is 0 Å². The van der Waals surface area contributed by atoms with Crippen LogP contribution in [0.1, 0.15) is 6.92 Å². The maximum atomic E-state index is 3.09. The zero-order valence-electron chi connectivity index (χ0n) is 5.18. The second-order valence-corrected chi connectivity index (χ2v) is 1.91. The molecule has 0 amide bonds. The minimum absolute atomic E-state index is 1.18. The van der Waals surface area contributed by atoms with Gasteiger partial charge in [0.15, 0.2) is 0 Å². The molecule has 1 heterocycles. The van der Waals surface area contributed by atoms with Crippen molar-refractivity contribution < 1.29 is 0 Å². The summed E-state index contributed by atoms with van der Waals surface area (Å²) in [5.41, 5.74) is 4.26. The van der Waals surface area contributed by atoms with E-state index in [1.807, 2.05) is 37.3 Å². The smallest absolute Gasteiger partial charge is 0.0285 e. The highest BCUT2D eigenvalue weighted by Crippen LogP contribution is 1.95. The Balaban J connectivity index is 2.59. The Morgan fingerprint density at radius 3 is 2.75 bits per heavy atom. The molecule has 0 aliphatic carbocycles. The third kappa shape index (κ3) is 1.03. The summed E-state index contributed by atoms with van der Waals surface area (Å²) in [6.45, 7) is 2.03. The third-order valence-corrected chi connectivity index (χ3v) is 1.01. The standard InChI is InChI=1S/C6H10N2/c1-6-4-3-5-8(2)7-6/h3-5,7H,1-2H3. The number of allylic oxidation sites excluding steroid dienone is 3. The van der Waals surface area contributed by atoms with Gasteiger partial charge in [0.05, 0.1) is 0 Å². The average molecular weight is 110 g/mol. The van der Waals surface area contributed by atoms with E-state index in [1.54, 1.807) is 0 Å². The Kier molecular flexibility index (Phi) is 1.24. The van der Waals surface area contributed by atoms with Gasteiger partial charge in [-0.3, -0.25) is 5.01 Å². The van der Waals surface area contributed by atoms with E-state index in [-0.39, 0.29) is 0 Å². The summed E-state index contributed by atoms with van der Waals surface area (Å²) in [5, 5.41) is 1.91. The lowest BCUT2D eigenvalue weighted by atomic mass is 10.4. The molecule has 1 N–H and O–H groups in total. The van der Waals surface area contributed by atoms with Crippen LogP contribution in [-0.4, -0.2) is 12.1 Å². The lowest BCUT2D eigenvalue weighted by Crippen LogP contribution is -2.29. The van der Waals surface area contributed by atoms with E-state index in [1.165, 1.54) is 5.70 Å². The van der Waals surface area contributed by atoms with Crippen molar-refractivity contribution in [3.63, 3.8) is 0 Å². The van der Waals surface area contributed by atoms with Crippen LogP contribution in [0.5, 0.6) is 0 Å². The van der Waals surface area contributed by atoms with Crippen LogP contribution in [0.2, 0.25) is 0 Å².